The Labute approximate surface area is 69.4 Å². The van der Waals surface area contributed by atoms with Gasteiger partial charge in [-0.1, -0.05) is 26.8 Å². The Kier molecular flexibility index (Phi) is 10.5. The molecular weight excluding hydrogens is 138 g/mol. The van der Waals surface area contributed by atoms with Gasteiger partial charge in [-0.2, -0.15) is 0 Å². The lowest BCUT2D eigenvalue weighted by atomic mass is 10.3. The zero-order valence-corrected chi connectivity index (χ0v) is 7.89. The van der Waals surface area contributed by atoms with E-state index in [1.54, 1.807) is 19.1 Å². The molecule has 0 aromatic carbocycles. The molecule has 0 amide bonds. The van der Waals surface area contributed by atoms with Crippen molar-refractivity contribution in [2.75, 3.05) is 0 Å². The molecule has 0 radical (unpaired) electrons. The number of rotatable bonds is 2. The standard InChI is InChI=1S/C7H13NO.C2H6/c1-3-5-7(9)6(8)4-2;1-2/h4-5,9H,3,8H2,1-2H3;1-2H3/b6-4+,7-5+;. The van der Waals surface area contributed by atoms with Gasteiger partial charge in [-0.15, -0.1) is 0 Å². The van der Waals surface area contributed by atoms with Gasteiger partial charge in [0.05, 0.1) is 5.70 Å². The quantitative estimate of drug-likeness (QED) is 0.478. The van der Waals surface area contributed by atoms with E-state index in [0.29, 0.717) is 5.70 Å². The van der Waals surface area contributed by atoms with Gasteiger partial charge in [0.1, 0.15) is 5.76 Å². The molecule has 0 spiro atoms. The van der Waals surface area contributed by atoms with Crippen LogP contribution < -0.4 is 5.73 Å². The predicted molar refractivity (Wildman–Crippen MR) is 50.3 cm³/mol. The monoisotopic (exact) mass is 157 g/mol. The number of hydrogen-bond acceptors (Lipinski definition) is 2. The van der Waals surface area contributed by atoms with Crippen LogP contribution in [0.25, 0.3) is 0 Å². The molecule has 0 saturated heterocycles. The second-order valence-electron chi connectivity index (χ2n) is 1.74. The van der Waals surface area contributed by atoms with E-state index in [0.717, 1.165) is 6.42 Å². The minimum Gasteiger partial charge on any atom is -0.506 e. The molecule has 0 bridgehead atoms. The fourth-order valence-electron chi connectivity index (χ4n) is 0.459. The lowest BCUT2D eigenvalue weighted by Crippen LogP contribution is -1.99. The Morgan fingerprint density at radius 1 is 1.45 bits per heavy atom. The van der Waals surface area contributed by atoms with Gasteiger partial charge in [-0.3, -0.25) is 0 Å². The van der Waals surface area contributed by atoms with Gasteiger partial charge in [0.15, 0.2) is 0 Å². The molecule has 2 heteroatoms. The van der Waals surface area contributed by atoms with Crippen molar-refractivity contribution in [1.29, 1.82) is 0 Å². The fraction of sp³-hybridized carbons (Fsp3) is 0.556. The summed E-state index contributed by atoms with van der Waals surface area (Å²) in [7, 11) is 0. The van der Waals surface area contributed by atoms with Crippen molar-refractivity contribution in [2.24, 2.45) is 5.73 Å². The predicted octanol–water partition coefficient (Wildman–Crippen LogP) is 2.73. The Morgan fingerprint density at radius 2 is 1.91 bits per heavy atom. The molecule has 0 aromatic rings. The van der Waals surface area contributed by atoms with Crippen LogP contribution in [0.5, 0.6) is 0 Å². The smallest absolute Gasteiger partial charge is 0.134 e. The summed E-state index contributed by atoms with van der Waals surface area (Å²) in [6, 6.07) is 0. The van der Waals surface area contributed by atoms with Crippen molar-refractivity contribution >= 4 is 0 Å². The van der Waals surface area contributed by atoms with E-state index in [1.165, 1.54) is 0 Å². The highest BCUT2D eigenvalue weighted by molar-refractivity contribution is 5.19. The molecule has 0 fully saturated rings. The summed E-state index contributed by atoms with van der Waals surface area (Å²) < 4.78 is 0. The molecule has 0 atom stereocenters. The summed E-state index contributed by atoms with van der Waals surface area (Å²) in [5.41, 5.74) is 5.79. The summed E-state index contributed by atoms with van der Waals surface area (Å²) in [6.07, 6.45) is 4.15. The molecular formula is C9H19NO. The number of aliphatic hydroxyl groups is 1. The van der Waals surface area contributed by atoms with Crippen LogP contribution in [-0.2, 0) is 0 Å². The zero-order chi connectivity index (χ0) is 9.28. The molecule has 0 aliphatic heterocycles. The third kappa shape index (κ3) is 6.97. The van der Waals surface area contributed by atoms with Gasteiger partial charge in [-0.05, 0) is 19.4 Å². The molecule has 0 saturated carbocycles. The van der Waals surface area contributed by atoms with Crippen molar-refractivity contribution in [3.05, 3.63) is 23.6 Å². The molecule has 11 heavy (non-hydrogen) atoms. The normalized spacial score (nSPS) is 12.0. The molecule has 0 aliphatic carbocycles. The van der Waals surface area contributed by atoms with Gasteiger partial charge in [0.2, 0.25) is 0 Å². The highest BCUT2D eigenvalue weighted by Crippen LogP contribution is 1.98. The first kappa shape index (κ1) is 12.7. The summed E-state index contributed by atoms with van der Waals surface area (Å²) in [4.78, 5) is 0. The van der Waals surface area contributed by atoms with Gasteiger partial charge >= 0.3 is 0 Å². The first-order valence-electron chi connectivity index (χ1n) is 4.03. The minimum absolute atomic E-state index is 0.181. The van der Waals surface area contributed by atoms with Crippen LogP contribution in [-0.4, -0.2) is 5.11 Å². The Balaban J connectivity index is 0. The SMILES string of the molecule is C/C=C(N)\C(O)=C/CC.CC. The third-order valence-electron chi connectivity index (χ3n) is 1.00. The molecule has 0 unspecified atom stereocenters. The van der Waals surface area contributed by atoms with E-state index in [1.807, 2.05) is 20.8 Å². The number of aliphatic hydroxyl groups excluding tert-OH is 1. The van der Waals surface area contributed by atoms with Crippen LogP contribution in [0.3, 0.4) is 0 Å². The van der Waals surface area contributed by atoms with E-state index >= 15 is 0 Å². The van der Waals surface area contributed by atoms with Gasteiger partial charge in [0, 0.05) is 0 Å². The topological polar surface area (TPSA) is 46.2 Å². The van der Waals surface area contributed by atoms with E-state index in [2.05, 4.69) is 0 Å². The van der Waals surface area contributed by atoms with Crippen molar-refractivity contribution in [2.45, 2.75) is 34.1 Å². The fourth-order valence-corrected chi connectivity index (χ4v) is 0.459. The average Bonchev–Trinajstić information content (AvgIpc) is 2.07. The lowest BCUT2D eigenvalue weighted by molar-refractivity contribution is 0.419. The minimum atomic E-state index is 0.181. The summed E-state index contributed by atoms with van der Waals surface area (Å²) in [5.74, 6) is 0.181. The molecule has 0 aliphatic rings. The van der Waals surface area contributed by atoms with Crippen LogP contribution in [0.1, 0.15) is 34.1 Å². The van der Waals surface area contributed by atoms with Crippen molar-refractivity contribution in [3.63, 3.8) is 0 Å². The van der Waals surface area contributed by atoms with Crippen LogP contribution >= 0.6 is 0 Å². The van der Waals surface area contributed by atoms with Gasteiger partial charge in [0.25, 0.3) is 0 Å². The van der Waals surface area contributed by atoms with E-state index < -0.39 is 0 Å². The molecule has 3 N–H and O–H groups in total. The second kappa shape index (κ2) is 9.08. The number of nitrogens with two attached hydrogens (primary N) is 1. The summed E-state index contributed by atoms with van der Waals surface area (Å²) >= 11 is 0. The Bertz CT molecular complexity index is 136. The number of hydrogen-bond donors (Lipinski definition) is 2. The maximum absolute atomic E-state index is 8.99. The van der Waals surface area contributed by atoms with Crippen LogP contribution in [0, 0.1) is 0 Å². The second-order valence-corrected chi connectivity index (χ2v) is 1.74. The van der Waals surface area contributed by atoms with Crippen LogP contribution in [0.4, 0.5) is 0 Å². The summed E-state index contributed by atoms with van der Waals surface area (Å²) in [6.45, 7) is 7.73. The molecule has 66 valence electrons. The first-order chi connectivity index (χ1) is 5.22. The highest BCUT2D eigenvalue weighted by atomic mass is 16.3. The number of allylic oxidation sites excluding steroid dienone is 2. The molecule has 0 heterocycles. The van der Waals surface area contributed by atoms with Crippen molar-refractivity contribution in [3.8, 4) is 0 Å². The average molecular weight is 157 g/mol. The van der Waals surface area contributed by atoms with Crippen LogP contribution in [0.2, 0.25) is 0 Å². The Hall–Kier alpha value is -0.920. The molecule has 2 nitrogen and oxygen atoms in total. The van der Waals surface area contributed by atoms with Gasteiger partial charge in [-0.25, -0.2) is 0 Å². The van der Waals surface area contributed by atoms with E-state index in [4.69, 9.17) is 10.8 Å². The lowest BCUT2D eigenvalue weighted by Gasteiger charge is -1.95. The maximum atomic E-state index is 8.99. The third-order valence-corrected chi connectivity index (χ3v) is 1.00. The highest BCUT2D eigenvalue weighted by Gasteiger charge is 1.91. The molecule has 0 aromatic heterocycles. The van der Waals surface area contributed by atoms with Gasteiger partial charge < -0.3 is 10.8 Å². The van der Waals surface area contributed by atoms with E-state index in [9.17, 15) is 0 Å². The maximum Gasteiger partial charge on any atom is 0.134 e. The zero-order valence-electron chi connectivity index (χ0n) is 7.89. The largest absolute Gasteiger partial charge is 0.506 e. The van der Waals surface area contributed by atoms with Crippen LogP contribution in [0.15, 0.2) is 23.6 Å². The summed E-state index contributed by atoms with van der Waals surface area (Å²) in [5, 5.41) is 8.99. The Morgan fingerprint density at radius 3 is 2.18 bits per heavy atom. The van der Waals surface area contributed by atoms with Crippen molar-refractivity contribution in [1.82, 2.24) is 0 Å². The van der Waals surface area contributed by atoms with Crippen molar-refractivity contribution < 1.29 is 5.11 Å². The first-order valence-corrected chi connectivity index (χ1v) is 4.03. The molecule has 0 rings (SSSR count). The van der Waals surface area contributed by atoms with E-state index in [-0.39, 0.29) is 5.76 Å².